The van der Waals surface area contributed by atoms with E-state index in [0.29, 0.717) is 30.9 Å². The Bertz CT molecular complexity index is 366. The predicted octanol–water partition coefficient (Wildman–Crippen LogP) is 1.90. The van der Waals surface area contributed by atoms with Crippen molar-refractivity contribution in [2.75, 3.05) is 19.8 Å². The molecule has 0 saturated heterocycles. The zero-order valence-electron chi connectivity index (χ0n) is 9.55. The lowest BCUT2D eigenvalue weighted by Gasteiger charge is -2.06. The number of hydrogen-bond acceptors (Lipinski definition) is 2. The number of carbonyl (C=O) groups excluding carboxylic acids is 1. The molecule has 3 nitrogen and oxygen atoms in total. The Morgan fingerprint density at radius 3 is 2.88 bits per heavy atom. The van der Waals surface area contributed by atoms with E-state index < -0.39 is 0 Å². The van der Waals surface area contributed by atoms with E-state index >= 15 is 0 Å². The van der Waals surface area contributed by atoms with Gasteiger partial charge in [-0.1, -0.05) is 0 Å². The van der Waals surface area contributed by atoms with E-state index in [-0.39, 0.29) is 11.7 Å². The molecule has 0 bridgehead atoms. The molecule has 1 N–H and O–H groups in total. The molecule has 1 aromatic rings. The molecule has 0 unspecified atom stereocenters. The molecule has 0 aromatic heterocycles. The van der Waals surface area contributed by atoms with Crippen LogP contribution < -0.4 is 5.32 Å². The number of ether oxygens (including phenoxy) is 1. The third-order valence-electron chi connectivity index (χ3n) is 2.16. The number of carbonyl (C=O) groups is 1. The standard InChI is InChI=1S/C12H16FNO2/c1-3-16-7-6-14-12(15)10-4-5-11(13)9(2)8-10/h4-5,8H,3,6-7H2,1-2H3,(H,14,15). The molecule has 0 radical (unpaired) electrons. The summed E-state index contributed by atoms with van der Waals surface area (Å²) in [6.07, 6.45) is 0. The topological polar surface area (TPSA) is 38.3 Å². The van der Waals surface area contributed by atoms with Gasteiger partial charge < -0.3 is 10.1 Å². The fourth-order valence-electron chi connectivity index (χ4n) is 1.27. The number of benzene rings is 1. The molecule has 16 heavy (non-hydrogen) atoms. The third kappa shape index (κ3) is 3.62. The monoisotopic (exact) mass is 225 g/mol. The number of hydrogen-bond donors (Lipinski definition) is 1. The molecule has 0 spiro atoms. The molecule has 0 heterocycles. The number of halogens is 1. The minimum Gasteiger partial charge on any atom is -0.380 e. The van der Waals surface area contributed by atoms with Crippen molar-refractivity contribution < 1.29 is 13.9 Å². The molecule has 1 amide bonds. The molecule has 1 rings (SSSR count). The van der Waals surface area contributed by atoms with Crippen LogP contribution in [-0.2, 0) is 4.74 Å². The molecule has 0 atom stereocenters. The molecule has 88 valence electrons. The van der Waals surface area contributed by atoms with Gasteiger partial charge in [-0.2, -0.15) is 0 Å². The highest BCUT2D eigenvalue weighted by atomic mass is 19.1. The van der Waals surface area contributed by atoms with Gasteiger partial charge in [0, 0.05) is 18.7 Å². The Hall–Kier alpha value is -1.42. The third-order valence-corrected chi connectivity index (χ3v) is 2.16. The summed E-state index contributed by atoms with van der Waals surface area (Å²) in [6, 6.07) is 4.30. The highest BCUT2D eigenvalue weighted by molar-refractivity contribution is 5.94. The van der Waals surface area contributed by atoms with Crippen molar-refractivity contribution in [3.8, 4) is 0 Å². The summed E-state index contributed by atoms with van der Waals surface area (Å²) < 4.78 is 18.1. The van der Waals surface area contributed by atoms with Crippen LogP contribution in [0.4, 0.5) is 4.39 Å². The second-order valence-corrected chi connectivity index (χ2v) is 3.42. The van der Waals surface area contributed by atoms with Gasteiger partial charge in [0.1, 0.15) is 5.82 Å². The minimum absolute atomic E-state index is 0.206. The van der Waals surface area contributed by atoms with Crippen LogP contribution >= 0.6 is 0 Å². The Kier molecular flexibility index (Phi) is 4.92. The van der Waals surface area contributed by atoms with E-state index in [9.17, 15) is 9.18 Å². The highest BCUT2D eigenvalue weighted by Crippen LogP contribution is 2.08. The van der Waals surface area contributed by atoms with Crippen molar-refractivity contribution in [1.82, 2.24) is 5.32 Å². The first-order chi connectivity index (χ1) is 7.65. The van der Waals surface area contributed by atoms with E-state index in [2.05, 4.69) is 5.32 Å². The smallest absolute Gasteiger partial charge is 0.251 e. The van der Waals surface area contributed by atoms with Crippen LogP contribution in [-0.4, -0.2) is 25.7 Å². The molecule has 0 aliphatic carbocycles. The Morgan fingerprint density at radius 2 is 2.25 bits per heavy atom. The van der Waals surface area contributed by atoms with E-state index in [1.54, 1.807) is 6.92 Å². The predicted molar refractivity (Wildman–Crippen MR) is 60.0 cm³/mol. The molecular formula is C12H16FNO2. The molecule has 0 aliphatic heterocycles. The van der Waals surface area contributed by atoms with Crippen molar-refractivity contribution in [2.24, 2.45) is 0 Å². The minimum atomic E-state index is -0.300. The zero-order chi connectivity index (χ0) is 12.0. The maximum absolute atomic E-state index is 13.0. The lowest BCUT2D eigenvalue weighted by molar-refractivity contribution is 0.0922. The van der Waals surface area contributed by atoms with Gasteiger partial charge in [-0.15, -0.1) is 0 Å². The van der Waals surface area contributed by atoms with Gasteiger partial charge in [0.25, 0.3) is 5.91 Å². The van der Waals surface area contributed by atoms with Crippen LogP contribution in [0.1, 0.15) is 22.8 Å². The number of amides is 1. The van der Waals surface area contributed by atoms with Crippen molar-refractivity contribution >= 4 is 5.91 Å². The average Bonchev–Trinajstić information content (AvgIpc) is 2.28. The molecule has 0 saturated carbocycles. The van der Waals surface area contributed by atoms with Gasteiger partial charge in [-0.05, 0) is 37.6 Å². The number of rotatable bonds is 5. The number of aryl methyl sites for hydroxylation is 1. The van der Waals surface area contributed by atoms with E-state index in [1.165, 1.54) is 18.2 Å². The van der Waals surface area contributed by atoms with Crippen molar-refractivity contribution in [3.05, 3.63) is 35.1 Å². The van der Waals surface area contributed by atoms with Gasteiger partial charge in [0.15, 0.2) is 0 Å². The van der Waals surface area contributed by atoms with Crippen LogP contribution in [0.5, 0.6) is 0 Å². The molecule has 4 heteroatoms. The summed E-state index contributed by atoms with van der Waals surface area (Å²) in [5, 5.41) is 2.69. The summed E-state index contributed by atoms with van der Waals surface area (Å²) in [5.41, 5.74) is 0.938. The quantitative estimate of drug-likeness (QED) is 0.777. The molecule has 1 aromatic carbocycles. The lowest BCUT2D eigenvalue weighted by atomic mass is 10.1. The van der Waals surface area contributed by atoms with Crippen LogP contribution in [0.25, 0.3) is 0 Å². The van der Waals surface area contributed by atoms with Gasteiger partial charge in [-0.25, -0.2) is 4.39 Å². The van der Waals surface area contributed by atoms with Crippen molar-refractivity contribution in [1.29, 1.82) is 0 Å². The van der Waals surface area contributed by atoms with Crippen molar-refractivity contribution in [3.63, 3.8) is 0 Å². The van der Waals surface area contributed by atoms with Crippen LogP contribution in [0, 0.1) is 12.7 Å². The van der Waals surface area contributed by atoms with E-state index in [4.69, 9.17) is 4.74 Å². The fraction of sp³-hybridized carbons (Fsp3) is 0.417. The van der Waals surface area contributed by atoms with Crippen LogP contribution in [0.3, 0.4) is 0 Å². The first-order valence-electron chi connectivity index (χ1n) is 5.27. The van der Waals surface area contributed by atoms with E-state index in [1.807, 2.05) is 6.92 Å². The van der Waals surface area contributed by atoms with Gasteiger partial charge >= 0.3 is 0 Å². The SMILES string of the molecule is CCOCCNC(=O)c1ccc(F)c(C)c1. The first kappa shape index (κ1) is 12.6. The molecule has 0 aliphatic rings. The summed E-state index contributed by atoms with van der Waals surface area (Å²) in [4.78, 5) is 11.6. The summed E-state index contributed by atoms with van der Waals surface area (Å²) in [6.45, 7) is 5.11. The molecule has 0 fully saturated rings. The summed E-state index contributed by atoms with van der Waals surface area (Å²) in [7, 11) is 0. The van der Waals surface area contributed by atoms with Crippen LogP contribution in [0.15, 0.2) is 18.2 Å². The lowest BCUT2D eigenvalue weighted by Crippen LogP contribution is -2.27. The second kappa shape index (κ2) is 6.23. The number of nitrogens with one attached hydrogen (secondary N) is 1. The van der Waals surface area contributed by atoms with Gasteiger partial charge in [0.2, 0.25) is 0 Å². The van der Waals surface area contributed by atoms with Crippen LogP contribution in [0.2, 0.25) is 0 Å². The zero-order valence-corrected chi connectivity index (χ0v) is 9.55. The van der Waals surface area contributed by atoms with E-state index in [0.717, 1.165) is 0 Å². The Labute approximate surface area is 94.6 Å². The summed E-state index contributed by atoms with van der Waals surface area (Å²) >= 11 is 0. The molecular weight excluding hydrogens is 209 g/mol. The van der Waals surface area contributed by atoms with Crippen molar-refractivity contribution in [2.45, 2.75) is 13.8 Å². The maximum atomic E-state index is 13.0. The largest absolute Gasteiger partial charge is 0.380 e. The van der Waals surface area contributed by atoms with Gasteiger partial charge in [-0.3, -0.25) is 4.79 Å². The normalized spacial score (nSPS) is 10.2. The fourth-order valence-corrected chi connectivity index (χ4v) is 1.27. The first-order valence-corrected chi connectivity index (χ1v) is 5.27. The second-order valence-electron chi connectivity index (χ2n) is 3.42. The summed E-state index contributed by atoms with van der Waals surface area (Å²) in [5.74, 6) is -0.506. The average molecular weight is 225 g/mol. The Balaban J connectivity index is 2.50. The van der Waals surface area contributed by atoms with Gasteiger partial charge in [0.05, 0.1) is 6.61 Å². The Morgan fingerprint density at radius 1 is 1.50 bits per heavy atom. The maximum Gasteiger partial charge on any atom is 0.251 e. The highest BCUT2D eigenvalue weighted by Gasteiger charge is 2.06.